The van der Waals surface area contributed by atoms with Gasteiger partial charge in [0.05, 0.1) is 17.5 Å². The minimum Gasteiger partial charge on any atom is -0.375 e. The zero-order chi connectivity index (χ0) is 16.6. The molecule has 3 rings (SSSR count). The Kier molecular flexibility index (Phi) is 4.43. The van der Waals surface area contributed by atoms with Crippen LogP contribution in [0.1, 0.15) is 0 Å². The van der Waals surface area contributed by atoms with Gasteiger partial charge in [-0.25, -0.2) is 12.8 Å². The molecule has 2 heterocycles. The number of fused-ring (bicyclic) bond motifs is 1. The molecular weight excluding hydrogens is 343 g/mol. The molecule has 2 fully saturated rings. The molecule has 2 aliphatic rings. The number of halogens is 1. The summed E-state index contributed by atoms with van der Waals surface area (Å²) in [7, 11) is -1.75. The summed E-state index contributed by atoms with van der Waals surface area (Å²) in [6.45, 7) is -0.158. The molecule has 0 aliphatic carbocycles. The number of benzene rings is 1. The van der Waals surface area contributed by atoms with Gasteiger partial charge in [0.2, 0.25) is 0 Å². The molecule has 0 N–H and O–H groups in total. The Balaban J connectivity index is 1.99. The number of carbonyl (C=O) groups is 1. The molecule has 0 spiro atoms. The van der Waals surface area contributed by atoms with Gasteiger partial charge in [-0.2, -0.15) is 4.99 Å². The van der Waals surface area contributed by atoms with Crippen molar-refractivity contribution in [2.45, 2.75) is 11.3 Å². The van der Waals surface area contributed by atoms with E-state index in [-0.39, 0.29) is 29.4 Å². The lowest BCUT2D eigenvalue weighted by Gasteiger charge is -2.24. The average Bonchev–Trinajstić information content (AvgIpc) is 2.89. The van der Waals surface area contributed by atoms with Crippen molar-refractivity contribution >= 4 is 38.4 Å². The predicted octanol–water partition coefficient (Wildman–Crippen LogP) is 1.07. The first-order chi connectivity index (χ1) is 10.9. The number of methoxy groups -OCH3 is 1. The maximum Gasteiger partial charge on any atom is 0.274 e. The maximum absolute atomic E-state index is 13.5. The van der Waals surface area contributed by atoms with E-state index in [0.29, 0.717) is 10.9 Å². The zero-order valence-electron chi connectivity index (χ0n) is 12.3. The molecule has 9 heteroatoms. The zero-order valence-corrected chi connectivity index (χ0v) is 13.9. The molecule has 1 aromatic rings. The standard InChI is InChI=1S/C14H15FN2O4S2/c1-21-6-13(18)16-14-17(10-4-2-3-9(15)5-10)11-7-23(19,20)8-12(11)22-14/h2-5,11-12H,6-8H2,1H3. The van der Waals surface area contributed by atoms with E-state index in [4.69, 9.17) is 4.74 Å². The molecule has 0 radical (unpaired) electrons. The van der Waals surface area contributed by atoms with Gasteiger partial charge < -0.3 is 9.64 Å². The van der Waals surface area contributed by atoms with Crippen molar-refractivity contribution in [1.82, 2.24) is 0 Å². The second-order valence-electron chi connectivity index (χ2n) is 5.37. The highest BCUT2D eigenvalue weighted by Gasteiger charge is 2.49. The van der Waals surface area contributed by atoms with Crippen LogP contribution in [0, 0.1) is 5.82 Å². The Labute approximate surface area is 137 Å². The monoisotopic (exact) mass is 358 g/mol. The number of carbonyl (C=O) groups excluding carboxylic acids is 1. The van der Waals surface area contributed by atoms with Crippen LogP contribution in [0.5, 0.6) is 0 Å². The van der Waals surface area contributed by atoms with E-state index in [1.165, 1.54) is 31.0 Å². The molecule has 0 bridgehead atoms. The van der Waals surface area contributed by atoms with Gasteiger partial charge in [0.15, 0.2) is 15.0 Å². The molecule has 2 atom stereocenters. The fourth-order valence-electron chi connectivity index (χ4n) is 2.75. The average molecular weight is 358 g/mol. The summed E-state index contributed by atoms with van der Waals surface area (Å²) in [6.07, 6.45) is 0. The van der Waals surface area contributed by atoms with E-state index in [1.807, 2.05) is 0 Å². The van der Waals surface area contributed by atoms with E-state index >= 15 is 0 Å². The van der Waals surface area contributed by atoms with E-state index in [0.717, 1.165) is 0 Å². The Morgan fingerprint density at radius 1 is 1.48 bits per heavy atom. The maximum atomic E-state index is 13.5. The molecule has 0 aromatic heterocycles. The Hall–Kier alpha value is -1.45. The van der Waals surface area contributed by atoms with Gasteiger partial charge in [-0.3, -0.25) is 4.79 Å². The van der Waals surface area contributed by atoms with Gasteiger partial charge in [0, 0.05) is 18.0 Å². The molecule has 2 aliphatic heterocycles. The Morgan fingerprint density at radius 3 is 2.96 bits per heavy atom. The molecule has 1 amide bonds. The number of sulfone groups is 1. The Bertz CT molecular complexity index is 766. The van der Waals surface area contributed by atoms with Gasteiger partial charge in [0.1, 0.15) is 12.4 Å². The number of nitrogens with zero attached hydrogens (tertiary/aromatic N) is 2. The first-order valence-electron chi connectivity index (χ1n) is 6.92. The molecule has 2 unspecified atom stereocenters. The summed E-state index contributed by atoms with van der Waals surface area (Å²) >= 11 is 1.24. The fraction of sp³-hybridized carbons (Fsp3) is 0.429. The minimum absolute atomic E-state index is 0.0291. The van der Waals surface area contributed by atoms with Crippen LogP contribution in [0.3, 0.4) is 0 Å². The summed E-state index contributed by atoms with van der Waals surface area (Å²) < 4.78 is 42.1. The van der Waals surface area contributed by atoms with Gasteiger partial charge in [-0.1, -0.05) is 17.8 Å². The van der Waals surface area contributed by atoms with E-state index in [1.54, 1.807) is 17.0 Å². The number of thioether (sulfide) groups is 1. The number of amides is 1. The van der Waals surface area contributed by atoms with E-state index in [2.05, 4.69) is 4.99 Å². The second kappa shape index (κ2) is 6.21. The summed E-state index contributed by atoms with van der Waals surface area (Å²) in [5, 5.41) is 0.180. The molecule has 6 nitrogen and oxygen atoms in total. The first kappa shape index (κ1) is 16.4. The number of amidine groups is 1. The number of hydrogen-bond acceptors (Lipinski definition) is 5. The van der Waals surface area contributed by atoms with Gasteiger partial charge in [0.25, 0.3) is 5.91 Å². The molecule has 1 aromatic carbocycles. The number of hydrogen-bond donors (Lipinski definition) is 0. The fourth-order valence-corrected chi connectivity index (χ4v) is 6.69. The van der Waals surface area contributed by atoms with Crippen molar-refractivity contribution in [2.24, 2.45) is 4.99 Å². The molecule has 0 saturated carbocycles. The van der Waals surface area contributed by atoms with E-state index in [9.17, 15) is 17.6 Å². The predicted molar refractivity (Wildman–Crippen MR) is 87.0 cm³/mol. The van der Waals surface area contributed by atoms with Crippen LogP contribution in [0.4, 0.5) is 10.1 Å². The van der Waals surface area contributed by atoms with Crippen LogP contribution in [-0.2, 0) is 19.4 Å². The SMILES string of the molecule is COCC(=O)N=C1SC2CS(=O)(=O)CC2N1c1cccc(F)c1. The normalized spacial score (nSPS) is 27.4. The quantitative estimate of drug-likeness (QED) is 0.805. The number of aliphatic imine (C=N–C) groups is 1. The smallest absolute Gasteiger partial charge is 0.274 e. The highest BCUT2D eigenvalue weighted by Crippen LogP contribution is 2.41. The molecule has 124 valence electrons. The second-order valence-corrected chi connectivity index (χ2v) is 8.73. The van der Waals surface area contributed by atoms with Crippen LogP contribution in [-0.4, -0.2) is 56.0 Å². The van der Waals surface area contributed by atoms with Crippen molar-refractivity contribution in [3.8, 4) is 0 Å². The van der Waals surface area contributed by atoms with Crippen LogP contribution >= 0.6 is 11.8 Å². The third-order valence-electron chi connectivity index (χ3n) is 3.64. The Morgan fingerprint density at radius 2 is 2.26 bits per heavy atom. The lowest BCUT2D eigenvalue weighted by molar-refractivity contribution is -0.121. The summed E-state index contributed by atoms with van der Waals surface area (Å²) in [4.78, 5) is 17.4. The third kappa shape index (κ3) is 3.41. The van der Waals surface area contributed by atoms with Crippen molar-refractivity contribution in [2.75, 3.05) is 30.1 Å². The highest BCUT2D eigenvalue weighted by molar-refractivity contribution is 8.16. The summed E-state index contributed by atoms with van der Waals surface area (Å²) in [6, 6.07) is 5.49. The van der Waals surface area contributed by atoms with Crippen molar-refractivity contribution in [1.29, 1.82) is 0 Å². The lowest BCUT2D eigenvalue weighted by atomic mass is 10.2. The largest absolute Gasteiger partial charge is 0.375 e. The topological polar surface area (TPSA) is 76.0 Å². The number of rotatable bonds is 3. The number of ether oxygens (including phenoxy) is 1. The summed E-state index contributed by atoms with van der Waals surface area (Å²) in [5.74, 6) is -0.886. The van der Waals surface area contributed by atoms with Crippen LogP contribution < -0.4 is 4.90 Å². The van der Waals surface area contributed by atoms with Crippen molar-refractivity contribution in [3.05, 3.63) is 30.1 Å². The van der Waals surface area contributed by atoms with Crippen LogP contribution in [0.2, 0.25) is 0 Å². The molecule has 2 saturated heterocycles. The highest BCUT2D eigenvalue weighted by atomic mass is 32.2. The molecular formula is C14H15FN2O4S2. The molecule has 23 heavy (non-hydrogen) atoms. The van der Waals surface area contributed by atoms with Crippen LogP contribution in [0.25, 0.3) is 0 Å². The lowest BCUT2D eigenvalue weighted by Crippen LogP contribution is -2.37. The van der Waals surface area contributed by atoms with Gasteiger partial charge in [-0.05, 0) is 18.2 Å². The third-order valence-corrected chi connectivity index (χ3v) is 6.85. The summed E-state index contributed by atoms with van der Waals surface area (Å²) in [5.41, 5.74) is 0.492. The van der Waals surface area contributed by atoms with Crippen LogP contribution in [0.15, 0.2) is 29.3 Å². The first-order valence-corrected chi connectivity index (χ1v) is 9.62. The van der Waals surface area contributed by atoms with Gasteiger partial charge in [-0.15, -0.1) is 0 Å². The minimum atomic E-state index is -3.14. The van der Waals surface area contributed by atoms with E-state index < -0.39 is 21.6 Å². The van der Waals surface area contributed by atoms with Crippen molar-refractivity contribution in [3.63, 3.8) is 0 Å². The number of anilines is 1. The van der Waals surface area contributed by atoms with Crippen molar-refractivity contribution < 1.29 is 22.3 Å². The van der Waals surface area contributed by atoms with Gasteiger partial charge >= 0.3 is 0 Å².